The van der Waals surface area contributed by atoms with Gasteiger partial charge >= 0.3 is 5.97 Å². The first kappa shape index (κ1) is 30.1. The van der Waals surface area contributed by atoms with Crippen LogP contribution in [0.5, 0.6) is 0 Å². The number of nitrogens with zero attached hydrogens (tertiary/aromatic N) is 1. The largest absolute Gasteiger partial charge is 0.429 e. The molecule has 0 aliphatic carbocycles. The van der Waals surface area contributed by atoms with Crippen molar-refractivity contribution in [1.29, 1.82) is 0 Å². The van der Waals surface area contributed by atoms with E-state index in [1.54, 1.807) is 0 Å². The molecule has 5 rings (SSSR count). The van der Waals surface area contributed by atoms with Crippen molar-refractivity contribution in [3.63, 3.8) is 0 Å². The molecule has 0 spiro atoms. The number of rotatable bonds is 12. The number of hydrogen-bond donors (Lipinski definition) is 0. The second-order valence-electron chi connectivity index (χ2n) is 10.2. The van der Waals surface area contributed by atoms with Crippen molar-refractivity contribution in [2.45, 2.75) is 57.5 Å². The molecule has 9 nitrogen and oxygen atoms in total. The van der Waals surface area contributed by atoms with E-state index in [1.807, 2.05) is 97.9 Å². The summed E-state index contributed by atoms with van der Waals surface area (Å²) in [5.74, 6) is -0.703. The quantitative estimate of drug-likeness (QED) is 0.109. The number of nitro groups is 1. The van der Waals surface area contributed by atoms with Crippen molar-refractivity contribution in [2.24, 2.45) is 0 Å². The lowest BCUT2D eigenvalue weighted by molar-refractivity contribution is -0.384. The van der Waals surface area contributed by atoms with Gasteiger partial charge in [0, 0.05) is 12.1 Å². The number of benzene rings is 4. The number of hydrogen-bond acceptors (Lipinski definition) is 8. The third-order valence-electron chi connectivity index (χ3n) is 7.12. The molecule has 0 unspecified atom stereocenters. The van der Waals surface area contributed by atoms with Gasteiger partial charge < -0.3 is 23.7 Å². The van der Waals surface area contributed by atoms with Crippen molar-refractivity contribution in [3.8, 4) is 0 Å². The van der Waals surface area contributed by atoms with Gasteiger partial charge in [-0.25, -0.2) is 4.79 Å². The number of ether oxygens (including phenoxy) is 5. The third kappa shape index (κ3) is 8.12. The van der Waals surface area contributed by atoms with Crippen LogP contribution in [0.1, 0.15) is 34.0 Å². The molecule has 0 amide bonds. The molecule has 5 atom stereocenters. The molecule has 9 heteroatoms. The molecular weight excluding hydrogens is 550 g/mol. The van der Waals surface area contributed by atoms with E-state index in [0.717, 1.165) is 16.7 Å². The second-order valence-corrected chi connectivity index (χ2v) is 10.2. The molecule has 0 radical (unpaired) electrons. The zero-order valence-electron chi connectivity index (χ0n) is 23.7. The molecule has 43 heavy (non-hydrogen) atoms. The Morgan fingerprint density at radius 2 is 1.12 bits per heavy atom. The van der Waals surface area contributed by atoms with Gasteiger partial charge in [-0.15, -0.1) is 0 Å². The average molecular weight is 584 g/mol. The zero-order valence-corrected chi connectivity index (χ0v) is 23.7. The smallest absolute Gasteiger partial charge is 0.340 e. The highest BCUT2D eigenvalue weighted by Gasteiger charge is 2.48. The number of esters is 1. The standard InChI is InChI=1S/C34H33NO8/c1-24-30(39-21-25-11-5-2-6-12-25)31(40-22-26-13-7-3-8-14-26)32(41-23-27-15-9-4-10-16-27)34(42-24)43-33(36)28-17-19-29(20-18-28)35(37)38/h2-20,24,30-32,34H,21-23H2,1H3/t24-,30+,31-,32+,34-/m1/s1. The zero-order chi connectivity index (χ0) is 30.0. The van der Waals surface area contributed by atoms with E-state index in [-0.39, 0.29) is 24.5 Å². The van der Waals surface area contributed by atoms with Gasteiger partial charge in [0.25, 0.3) is 5.69 Å². The van der Waals surface area contributed by atoms with E-state index in [4.69, 9.17) is 23.7 Å². The predicted octanol–water partition coefficient (Wildman–Crippen LogP) is 6.25. The fourth-order valence-corrected chi connectivity index (χ4v) is 4.86. The fraction of sp³-hybridized carbons (Fsp3) is 0.265. The van der Waals surface area contributed by atoms with Crippen molar-refractivity contribution in [2.75, 3.05) is 0 Å². The molecule has 0 N–H and O–H groups in total. The molecule has 1 aliphatic heterocycles. The molecular formula is C34H33NO8. The minimum atomic E-state index is -1.14. The summed E-state index contributed by atoms with van der Waals surface area (Å²) < 4.78 is 31.4. The lowest BCUT2D eigenvalue weighted by Gasteiger charge is -2.44. The monoisotopic (exact) mass is 583 g/mol. The number of carbonyl (C=O) groups excluding carboxylic acids is 1. The van der Waals surface area contributed by atoms with Crippen LogP contribution in [-0.4, -0.2) is 41.6 Å². The normalized spacial score (nSPS) is 21.7. The highest BCUT2D eigenvalue weighted by Crippen LogP contribution is 2.31. The van der Waals surface area contributed by atoms with Gasteiger partial charge in [-0.3, -0.25) is 10.1 Å². The van der Waals surface area contributed by atoms with Crippen LogP contribution >= 0.6 is 0 Å². The van der Waals surface area contributed by atoms with Crippen molar-refractivity contribution in [1.82, 2.24) is 0 Å². The minimum Gasteiger partial charge on any atom is -0.429 e. The molecule has 0 saturated carbocycles. The molecule has 222 valence electrons. The molecule has 1 fully saturated rings. The molecule has 4 aromatic rings. The maximum absolute atomic E-state index is 13.2. The van der Waals surface area contributed by atoms with E-state index in [1.165, 1.54) is 24.3 Å². The van der Waals surface area contributed by atoms with E-state index in [2.05, 4.69) is 0 Å². The topological polar surface area (TPSA) is 106 Å². The van der Waals surface area contributed by atoms with Gasteiger partial charge in [0.1, 0.15) is 18.3 Å². The van der Waals surface area contributed by atoms with Gasteiger partial charge in [-0.2, -0.15) is 0 Å². The Morgan fingerprint density at radius 3 is 1.58 bits per heavy atom. The highest BCUT2D eigenvalue weighted by molar-refractivity contribution is 5.89. The summed E-state index contributed by atoms with van der Waals surface area (Å²) in [6.07, 6.45) is -3.76. The first-order valence-corrected chi connectivity index (χ1v) is 14.1. The lowest BCUT2D eigenvalue weighted by Crippen LogP contribution is -2.60. The summed E-state index contributed by atoms with van der Waals surface area (Å²) in [6, 6.07) is 34.4. The second kappa shape index (κ2) is 14.7. The van der Waals surface area contributed by atoms with Gasteiger partial charge in [0.05, 0.1) is 36.4 Å². The Hall–Kier alpha value is -4.41. The summed E-state index contributed by atoms with van der Waals surface area (Å²) in [5, 5.41) is 11.1. The van der Waals surface area contributed by atoms with E-state index in [0.29, 0.717) is 6.61 Å². The molecule has 0 aromatic heterocycles. The minimum absolute atomic E-state index is 0.129. The Kier molecular flexibility index (Phi) is 10.2. The first-order valence-electron chi connectivity index (χ1n) is 14.1. The van der Waals surface area contributed by atoms with E-state index in [9.17, 15) is 14.9 Å². The van der Waals surface area contributed by atoms with Crippen LogP contribution in [-0.2, 0) is 43.5 Å². The molecule has 1 heterocycles. The van der Waals surface area contributed by atoms with Crippen molar-refractivity contribution in [3.05, 3.63) is 148 Å². The summed E-state index contributed by atoms with van der Waals surface area (Å²) in [5.41, 5.74) is 2.89. The average Bonchev–Trinajstić information content (AvgIpc) is 3.04. The predicted molar refractivity (Wildman–Crippen MR) is 158 cm³/mol. The molecule has 1 saturated heterocycles. The van der Waals surface area contributed by atoms with Crippen molar-refractivity contribution >= 4 is 11.7 Å². The molecule has 1 aliphatic rings. The molecule has 0 bridgehead atoms. The summed E-state index contributed by atoms with van der Waals surface area (Å²) in [7, 11) is 0. The number of carbonyl (C=O) groups is 1. The van der Waals surface area contributed by atoms with Crippen LogP contribution in [0.15, 0.2) is 115 Å². The van der Waals surface area contributed by atoms with Gasteiger partial charge in [0.2, 0.25) is 6.29 Å². The summed E-state index contributed by atoms with van der Waals surface area (Å²) in [6.45, 7) is 2.65. The SMILES string of the molecule is C[C@H]1O[C@H](OC(=O)c2ccc([N+](=O)[O-])cc2)[C@@H](OCc2ccccc2)[C@H](OCc2ccccc2)[C@H]1OCc1ccccc1. The molecule has 4 aromatic carbocycles. The van der Waals surface area contributed by atoms with E-state index < -0.39 is 41.6 Å². The van der Waals surface area contributed by atoms with Gasteiger partial charge in [-0.1, -0.05) is 91.0 Å². The third-order valence-corrected chi connectivity index (χ3v) is 7.12. The maximum atomic E-state index is 13.2. The van der Waals surface area contributed by atoms with E-state index >= 15 is 0 Å². The number of non-ortho nitro benzene ring substituents is 1. The van der Waals surface area contributed by atoms with Crippen LogP contribution in [0, 0.1) is 10.1 Å². The lowest BCUT2D eigenvalue weighted by atomic mass is 9.98. The van der Waals surface area contributed by atoms with Gasteiger partial charge in [-0.05, 0) is 35.7 Å². The Labute approximate surface area is 250 Å². The summed E-state index contributed by atoms with van der Waals surface area (Å²) in [4.78, 5) is 23.7. The Balaban J connectivity index is 1.41. The first-order chi connectivity index (χ1) is 21.0. The van der Waals surface area contributed by atoms with Crippen LogP contribution in [0.4, 0.5) is 5.69 Å². The summed E-state index contributed by atoms with van der Waals surface area (Å²) >= 11 is 0. The number of nitro benzene ring substituents is 1. The highest BCUT2D eigenvalue weighted by atomic mass is 16.7. The van der Waals surface area contributed by atoms with Crippen LogP contribution in [0.2, 0.25) is 0 Å². The van der Waals surface area contributed by atoms with Crippen LogP contribution in [0.25, 0.3) is 0 Å². The van der Waals surface area contributed by atoms with Crippen LogP contribution in [0.3, 0.4) is 0 Å². The maximum Gasteiger partial charge on any atom is 0.340 e. The fourth-order valence-electron chi connectivity index (χ4n) is 4.86. The Morgan fingerprint density at radius 1 is 0.674 bits per heavy atom. The Bertz CT molecular complexity index is 1450. The van der Waals surface area contributed by atoms with Gasteiger partial charge in [0.15, 0.2) is 0 Å². The van der Waals surface area contributed by atoms with Crippen LogP contribution < -0.4 is 0 Å². The van der Waals surface area contributed by atoms with Crippen molar-refractivity contribution < 1.29 is 33.4 Å².